The van der Waals surface area contributed by atoms with E-state index in [0.29, 0.717) is 11.5 Å². The van der Waals surface area contributed by atoms with Gasteiger partial charge in [0.15, 0.2) is 5.78 Å². The zero-order valence-corrected chi connectivity index (χ0v) is 11.8. The van der Waals surface area contributed by atoms with Gasteiger partial charge in [0.25, 0.3) is 5.69 Å². The third-order valence-corrected chi connectivity index (χ3v) is 3.09. The summed E-state index contributed by atoms with van der Waals surface area (Å²) in [5.74, 6) is 0.598. The molecule has 0 amide bonds. The molecule has 108 valence electrons. The van der Waals surface area contributed by atoms with Crippen LogP contribution >= 0.6 is 0 Å². The minimum Gasteiger partial charge on any atom is -0.457 e. The molecule has 21 heavy (non-hydrogen) atoms. The van der Waals surface area contributed by atoms with Crippen molar-refractivity contribution in [2.24, 2.45) is 0 Å². The first kappa shape index (κ1) is 14.7. The van der Waals surface area contributed by atoms with Crippen LogP contribution in [0.1, 0.15) is 29.8 Å². The van der Waals surface area contributed by atoms with Gasteiger partial charge in [-0.1, -0.05) is 19.1 Å². The summed E-state index contributed by atoms with van der Waals surface area (Å²) < 4.78 is 5.63. The van der Waals surface area contributed by atoms with Gasteiger partial charge in [-0.2, -0.15) is 0 Å². The minimum atomic E-state index is -0.577. The molecule has 0 atom stereocenters. The van der Waals surface area contributed by atoms with Crippen LogP contribution in [0.3, 0.4) is 0 Å². The summed E-state index contributed by atoms with van der Waals surface area (Å²) in [6.45, 7) is 3.33. The molecule has 2 rings (SSSR count). The van der Waals surface area contributed by atoms with E-state index in [2.05, 4.69) is 0 Å². The maximum Gasteiger partial charge on any atom is 0.283 e. The van der Waals surface area contributed by atoms with Gasteiger partial charge in [0.2, 0.25) is 0 Å². The van der Waals surface area contributed by atoms with E-state index in [9.17, 15) is 14.9 Å². The summed E-state index contributed by atoms with van der Waals surface area (Å²) in [5.41, 5.74) is 0.948. The second kappa shape index (κ2) is 6.17. The van der Waals surface area contributed by atoms with Gasteiger partial charge in [-0.15, -0.1) is 0 Å². The van der Waals surface area contributed by atoms with Gasteiger partial charge in [-0.25, -0.2) is 0 Å². The largest absolute Gasteiger partial charge is 0.457 e. The van der Waals surface area contributed by atoms with E-state index in [1.165, 1.54) is 19.1 Å². The van der Waals surface area contributed by atoms with Crippen LogP contribution in [0, 0.1) is 10.1 Å². The molecule has 2 aromatic carbocycles. The van der Waals surface area contributed by atoms with Crippen molar-refractivity contribution in [3.05, 3.63) is 63.7 Å². The number of Topliss-reactive ketones (excluding diaryl/α,β-unsaturated/α-hetero) is 1. The Bertz CT molecular complexity index is 694. The molecule has 0 N–H and O–H groups in total. The number of nitro groups is 1. The number of hydrogen-bond donors (Lipinski definition) is 0. The molecule has 0 saturated carbocycles. The first-order valence-corrected chi connectivity index (χ1v) is 6.57. The minimum absolute atomic E-state index is 0.0784. The van der Waals surface area contributed by atoms with Crippen molar-refractivity contribution in [2.75, 3.05) is 0 Å². The molecular formula is C16H15NO4. The predicted molar refractivity (Wildman–Crippen MR) is 79.0 cm³/mol. The lowest BCUT2D eigenvalue weighted by Gasteiger charge is -2.08. The van der Waals surface area contributed by atoms with E-state index >= 15 is 0 Å². The van der Waals surface area contributed by atoms with E-state index in [1.54, 1.807) is 12.1 Å². The number of ketones is 1. The van der Waals surface area contributed by atoms with Gasteiger partial charge in [-0.3, -0.25) is 14.9 Å². The zero-order chi connectivity index (χ0) is 15.4. The topological polar surface area (TPSA) is 69.4 Å². The quantitative estimate of drug-likeness (QED) is 0.470. The van der Waals surface area contributed by atoms with E-state index < -0.39 is 4.92 Å². The van der Waals surface area contributed by atoms with Gasteiger partial charge in [0.05, 0.1) is 16.6 Å². The third kappa shape index (κ3) is 3.45. The molecule has 0 saturated heterocycles. The molecule has 0 heterocycles. The standard InChI is InChI=1S/C16H15NO4/c1-3-12-5-4-6-13(9-12)21-14-7-8-15(11(2)18)16(10-14)17(19)20/h4-10H,3H2,1-2H3. The monoisotopic (exact) mass is 285 g/mol. The Morgan fingerprint density at radius 2 is 1.90 bits per heavy atom. The van der Waals surface area contributed by atoms with Gasteiger partial charge >= 0.3 is 0 Å². The fraction of sp³-hybridized carbons (Fsp3) is 0.188. The Kier molecular flexibility index (Phi) is 4.33. The zero-order valence-electron chi connectivity index (χ0n) is 11.8. The maximum atomic E-state index is 11.4. The summed E-state index contributed by atoms with van der Waals surface area (Å²) >= 11 is 0. The van der Waals surface area contributed by atoms with Crippen LogP contribution in [0.2, 0.25) is 0 Å². The summed E-state index contributed by atoms with van der Waals surface area (Å²) in [7, 11) is 0. The molecule has 0 bridgehead atoms. The average molecular weight is 285 g/mol. The number of nitro benzene ring substituents is 1. The Balaban J connectivity index is 2.34. The summed E-state index contributed by atoms with van der Waals surface area (Å²) in [5, 5.41) is 11.0. The number of carbonyl (C=O) groups is 1. The fourth-order valence-corrected chi connectivity index (χ4v) is 1.99. The van der Waals surface area contributed by atoms with Crippen LogP contribution in [0.15, 0.2) is 42.5 Å². The first-order chi connectivity index (χ1) is 10.0. The first-order valence-electron chi connectivity index (χ1n) is 6.57. The van der Waals surface area contributed by atoms with Gasteiger partial charge in [0, 0.05) is 0 Å². The third-order valence-electron chi connectivity index (χ3n) is 3.09. The number of aryl methyl sites for hydroxylation is 1. The molecule has 0 unspecified atom stereocenters. The molecule has 0 fully saturated rings. The molecule has 0 aromatic heterocycles. The van der Waals surface area contributed by atoms with Crippen molar-refractivity contribution >= 4 is 11.5 Å². The molecule has 0 aliphatic carbocycles. The van der Waals surface area contributed by atoms with Crippen LogP contribution in [0.25, 0.3) is 0 Å². The van der Waals surface area contributed by atoms with Crippen molar-refractivity contribution < 1.29 is 14.5 Å². The van der Waals surface area contributed by atoms with Crippen LogP contribution in [-0.2, 0) is 6.42 Å². The lowest BCUT2D eigenvalue weighted by molar-refractivity contribution is -0.385. The SMILES string of the molecule is CCc1cccc(Oc2ccc(C(C)=O)c([N+](=O)[O-])c2)c1. The smallest absolute Gasteiger partial charge is 0.283 e. The van der Waals surface area contributed by atoms with E-state index in [4.69, 9.17) is 4.74 Å². The molecule has 2 aromatic rings. The van der Waals surface area contributed by atoms with E-state index in [0.717, 1.165) is 12.0 Å². The molecule has 5 heteroatoms. The van der Waals surface area contributed by atoms with Gasteiger partial charge in [-0.05, 0) is 43.2 Å². The molecule has 0 radical (unpaired) electrons. The molecule has 5 nitrogen and oxygen atoms in total. The van der Waals surface area contributed by atoms with Crippen molar-refractivity contribution in [3.63, 3.8) is 0 Å². The highest BCUT2D eigenvalue weighted by atomic mass is 16.6. The fourth-order valence-electron chi connectivity index (χ4n) is 1.99. The number of rotatable bonds is 5. The highest BCUT2D eigenvalue weighted by molar-refractivity contribution is 5.98. The predicted octanol–water partition coefficient (Wildman–Crippen LogP) is 4.15. The summed E-state index contributed by atoms with van der Waals surface area (Å²) in [6, 6.07) is 11.8. The normalized spacial score (nSPS) is 10.2. The van der Waals surface area contributed by atoms with Crippen LogP contribution < -0.4 is 4.74 Å². The molecule has 0 aliphatic heterocycles. The Morgan fingerprint density at radius 3 is 2.52 bits per heavy atom. The molecule has 0 aliphatic rings. The second-order valence-corrected chi connectivity index (χ2v) is 4.60. The number of ether oxygens (including phenoxy) is 1. The van der Waals surface area contributed by atoms with Crippen molar-refractivity contribution in [1.82, 2.24) is 0 Å². The number of benzene rings is 2. The van der Waals surface area contributed by atoms with Crippen LogP contribution in [0.5, 0.6) is 11.5 Å². The lowest BCUT2D eigenvalue weighted by atomic mass is 10.1. The maximum absolute atomic E-state index is 11.4. The number of carbonyl (C=O) groups excluding carboxylic acids is 1. The Hall–Kier alpha value is -2.69. The summed E-state index contributed by atoms with van der Waals surface area (Å²) in [4.78, 5) is 21.8. The number of nitrogens with zero attached hydrogens (tertiary/aromatic N) is 1. The van der Waals surface area contributed by atoms with Crippen LogP contribution in [-0.4, -0.2) is 10.7 Å². The molecular weight excluding hydrogens is 270 g/mol. The highest BCUT2D eigenvalue weighted by Crippen LogP contribution is 2.29. The van der Waals surface area contributed by atoms with Crippen molar-refractivity contribution in [1.29, 1.82) is 0 Å². The molecule has 0 spiro atoms. The van der Waals surface area contributed by atoms with Gasteiger partial charge < -0.3 is 4.74 Å². The van der Waals surface area contributed by atoms with Gasteiger partial charge in [0.1, 0.15) is 11.5 Å². The lowest BCUT2D eigenvalue weighted by Crippen LogP contribution is -2.00. The van der Waals surface area contributed by atoms with Crippen LogP contribution in [0.4, 0.5) is 5.69 Å². The number of hydrogen-bond acceptors (Lipinski definition) is 4. The Labute approximate surface area is 122 Å². The van der Waals surface area contributed by atoms with E-state index in [-0.39, 0.29) is 17.0 Å². The average Bonchev–Trinajstić information content (AvgIpc) is 2.47. The summed E-state index contributed by atoms with van der Waals surface area (Å²) in [6.07, 6.45) is 0.876. The highest BCUT2D eigenvalue weighted by Gasteiger charge is 2.18. The Morgan fingerprint density at radius 1 is 1.19 bits per heavy atom. The second-order valence-electron chi connectivity index (χ2n) is 4.60. The van der Waals surface area contributed by atoms with E-state index in [1.807, 2.05) is 25.1 Å². The van der Waals surface area contributed by atoms with Crippen molar-refractivity contribution in [2.45, 2.75) is 20.3 Å². The van der Waals surface area contributed by atoms with Crippen molar-refractivity contribution in [3.8, 4) is 11.5 Å².